The highest BCUT2D eigenvalue weighted by Crippen LogP contribution is 2.64. The molecule has 9 aromatic rings. The van der Waals surface area contributed by atoms with Gasteiger partial charge < -0.3 is 4.90 Å². The van der Waals surface area contributed by atoms with Gasteiger partial charge in [0.25, 0.3) is 0 Å². The van der Waals surface area contributed by atoms with E-state index in [0.717, 1.165) is 11.4 Å². The Bertz CT molecular complexity index is 2740. The lowest BCUT2D eigenvalue weighted by molar-refractivity contribution is 0.795. The molecule has 0 atom stereocenters. The molecule has 0 saturated heterocycles. The normalized spacial score (nSPS) is 13.5. The number of hydrogen-bond acceptors (Lipinski definition) is 2. The maximum atomic E-state index is 2.50. The molecule has 2 aliphatic carbocycles. The lowest BCUT2D eigenvalue weighted by Gasteiger charge is -2.32. The first-order chi connectivity index (χ1) is 24.3. The summed E-state index contributed by atoms with van der Waals surface area (Å²) in [5.74, 6) is 0. The van der Waals surface area contributed by atoms with Gasteiger partial charge in [-0.1, -0.05) is 127 Å². The molecule has 0 fully saturated rings. The third-order valence-corrected chi connectivity index (χ3v) is 12.0. The van der Waals surface area contributed by atoms with Crippen LogP contribution in [0.15, 0.2) is 176 Å². The summed E-state index contributed by atoms with van der Waals surface area (Å²) in [7, 11) is 0. The maximum absolute atomic E-state index is 2.50. The molecule has 8 aromatic carbocycles. The Morgan fingerprint density at radius 3 is 1.80 bits per heavy atom. The van der Waals surface area contributed by atoms with Crippen LogP contribution in [-0.4, -0.2) is 0 Å². The van der Waals surface area contributed by atoms with E-state index in [1.807, 2.05) is 11.3 Å². The third-order valence-electron chi connectivity index (χ3n) is 10.8. The number of anilines is 3. The molecule has 11 rings (SSSR count). The fraction of sp³-hybridized carbons (Fsp3) is 0.0213. The lowest BCUT2D eigenvalue weighted by Crippen LogP contribution is -2.26. The van der Waals surface area contributed by atoms with Gasteiger partial charge in [0.1, 0.15) is 0 Å². The topological polar surface area (TPSA) is 3.24 Å². The summed E-state index contributed by atoms with van der Waals surface area (Å²) in [6, 6.07) is 65.5. The quantitative estimate of drug-likeness (QED) is 0.186. The summed E-state index contributed by atoms with van der Waals surface area (Å²) in [5, 5.41) is 5.16. The van der Waals surface area contributed by atoms with Crippen LogP contribution in [0.1, 0.15) is 22.3 Å². The zero-order valence-electron chi connectivity index (χ0n) is 26.6. The van der Waals surface area contributed by atoms with Gasteiger partial charge in [0.2, 0.25) is 0 Å². The lowest BCUT2D eigenvalue weighted by atomic mass is 9.70. The van der Waals surface area contributed by atoms with E-state index in [-0.39, 0.29) is 0 Å². The molecule has 228 valence electrons. The molecule has 1 aromatic heterocycles. The number of benzene rings is 8. The summed E-state index contributed by atoms with van der Waals surface area (Å²) in [6.07, 6.45) is 0. The van der Waals surface area contributed by atoms with E-state index in [1.54, 1.807) is 0 Å². The summed E-state index contributed by atoms with van der Waals surface area (Å²) < 4.78 is 2.61. The van der Waals surface area contributed by atoms with Gasteiger partial charge in [-0.2, -0.15) is 0 Å². The molecule has 49 heavy (non-hydrogen) atoms. The van der Waals surface area contributed by atoms with Crippen LogP contribution >= 0.6 is 11.3 Å². The highest BCUT2D eigenvalue weighted by Gasteiger charge is 2.51. The second-order valence-corrected chi connectivity index (χ2v) is 14.3. The van der Waals surface area contributed by atoms with Crippen molar-refractivity contribution in [2.75, 3.05) is 4.90 Å². The zero-order chi connectivity index (χ0) is 32.1. The molecule has 0 saturated carbocycles. The Morgan fingerprint density at radius 2 is 1.00 bits per heavy atom. The summed E-state index contributed by atoms with van der Waals surface area (Å²) >= 11 is 1.88. The summed E-state index contributed by atoms with van der Waals surface area (Å²) in [4.78, 5) is 2.47. The highest BCUT2D eigenvalue weighted by atomic mass is 32.1. The fourth-order valence-electron chi connectivity index (χ4n) is 8.86. The first-order valence-corrected chi connectivity index (χ1v) is 17.8. The standard InChI is InChI=1S/C47H29NS/c1-2-15-32(16-3-1)48(44-23-12-20-38-37-19-8-11-24-45(37)49-46(38)44)33-25-26-36-39-27-30-13-4-5-14-31(30)28-42(39)47(43(36)29-33)40-21-9-6-17-34(40)35-18-7-10-22-41(35)47/h1-29H. The molecule has 0 N–H and O–H groups in total. The van der Waals surface area contributed by atoms with E-state index in [4.69, 9.17) is 0 Å². The van der Waals surface area contributed by atoms with Crippen molar-refractivity contribution in [2.24, 2.45) is 0 Å². The van der Waals surface area contributed by atoms with Gasteiger partial charge in [-0.15, -0.1) is 11.3 Å². The number of hydrogen-bond donors (Lipinski definition) is 0. The van der Waals surface area contributed by atoms with Gasteiger partial charge >= 0.3 is 0 Å². The molecular formula is C47H29NS. The smallest absolute Gasteiger partial charge is 0.0726 e. The molecule has 0 amide bonds. The van der Waals surface area contributed by atoms with Gasteiger partial charge in [0.05, 0.1) is 15.8 Å². The molecule has 1 nitrogen and oxygen atoms in total. The maximum Gasteiger partial charge on any atom is 0.0726 e. The Kier molecular flexibility index (Phi) is 5.53. The Balaban J connectivity index is 1.24. The molecule has 0 unspecified atom stereocenters. The van der Waals surface area contributed by atoms with Crippen molar-refractivity contribution in [3.05, 3.63) is 198 Å². The van der Waals surface area contributed by atoms with E-state index in [1.165, 1.54) is 81.1 Å². The van der Waals surface area contributed by atoms with E-state index in [2.05, 4.69) is 181 Å². The highest BCUT2D eigenvalue weighted by molar-refractivity contribution is 7.26. The number of para-hydroxylation sites is 1. The van der Waals surface area contributed by atoms with Crippen molar-refractivity contribution in [3.63, 3.8) is 0 Å². The monoisotopic (exact) mass is 639 g/mol. The molecule has 0 radical (unpaired) electrons. The van der Waals surface area contributed by atoms with E-state index in [0.29, 0.717) is 0 Å². The van der Waals surface area contributed by atoms with Crippen molar-refractivity contribution in [3.8, 4) is 22.3 Å². The van der Waals surface area contributed by atoms with Crippen LogP contribution in [0.5, 0.6) is 0 Å². The number of thiophene rings is 1. The minimum Gasteiger partial charge on any atom is -0.309 e. The number of rotatable bonds is 3. The van der Waals surface area contributed by atoms with Crippen LogP contribution in [0.2, 0.25) is 0 Å². The first-order valence-electron chi connectivity index (χ1n) is 16.9. The molecular weight excluding hydrogens is 611 g/mol. The summed E-state index contributed by atoms with van der Waals surface area (Å²) in [6.45, 7) is 0. The first kappa shape index (κ1) is 27.0. The van der Waals surface area contributed by atoms with Crippen LogP contribution in [0, 0.1) is 0 Å². The SMILES string of the molecule is c1ccc(N(c2ccc3c(c2)C2(c4ccccc4-c4ccccc42)c2cc4ccccc4cc2-3)c2cccc3c2sc2ccccc23)cc1. The molecule has 2 heteroatoms. The van der Waals surface area contributed by atoms with Crippen LogP contribution < -0.4 is 4.90 Å². The average molecular weight is 640 g/mol. The molecule has 1 spiro atoms. The molecule has 0 bridgehead atoms. The summed E-state index contributed by atoms with van der Waals surface area (Å²) in [5.41, 5.74) is 13.8. The molecule has 0 aliphatic heterocycles. The van der Waals surface area contributed by atoms with Crippen LogP contribution in [0.3, 0.4) is 0 Å². The Hall–Kier alpha value is -5.96. The fourth-order valence-corrected chi connectivity index (χ4v) is 10.1. The van der Waals surface area contributed by atoms with Gasteiger partial charge in [0, 0.05) is 26.8 Å². The Morgan fingerprint density at radius 1 is 0.388 bits per heavy atom. The third kappa shape index (κ3) is 3.59. The van der Waals surface area contributed by atoms with Crippen LogP contribution in [-0.2, 0) is 5.41 Å². The zero-order valence-corrected chi connectivity index (χ0v) is 27.4. The van der Waals surface area contributed by atoms with E-state index < -0.39 is 5.41 Å². The average Bonchev–Trinajstić information content (AvgIpc) is 3.79. The van der Waals surface area contributed by atoms with Crippen molar-refractivity contribution >= 4 is 59.3 Å². The van der Waals surface area contributed by atoms with Crippen LogP contribution in [0.4, 0.5) is 17.1 Å². The minimum absolute atomic E-state index is 0.427. The molecule has 2 aliphatic rings. The van der Waals surface area contributed by atoms with Gasteiger partial charge in [-0.05, 0) is 104 Å². The van der Waals surface area contributed by atoms with Gasteiger partial charge in [-0.25, -0.2) is 0 Å². The van der Waals surface area contributed by atoms with Gasteiger partial charge in [0.15, 0.2) is 0 Å². The van der Waals surface area contributed by atoms with Crippen molar-refractivity contribution in [1.29, 1.82) is 0 Å². The molecule has 1 heterocycles. The van der Waals surface area contributed by atoms with Crippen molar-refractivity contribution < 1.29 is 0 Å². The van der Waals surface area contributed by atoms with E-state index >= 15 is 0 Å². The largest absolute Gasteiger partial charge is 0.309 e. The predicted molar refractivity (Wildman–Crippen MR) is 208 cm³/mol. The van der Waals surface area contributed by atoms with Crippen molar-refractivity contribution in [1.82, 2.24) is 0 Å². The second kappa shape index (κ2) is 10.0. The minimum atomic E-state index is -0.427. The number of fused-ring (bicyclic) bond motifs is 14. The second-order valence-electron chi connectivity index (χ2n) is 13.2. The van der Waals surface area contributed by atoms with Gasteiger partial charge in [-0.3, -0.25) is 0 Å². The van der Waals surface area contributed by atoms with Crippen molar-refractivity contribution in [2.45, 2.75) is 5.41 Å². The Labute approximate surface area is 289 Å². The predicted octanol–water partition coefficient (Wildman–Crippen LogP) is 13.0. The van der Waals surface area contributed by atoms with Crippen LogP contribution in [0.25, 0.3) is 53.2 Å². The number of nitrogens with zero attached hydrogens (tertiary/aromatic N) is 1. The van der Waals surface area contributed by atoms with E-state index in [9.17, 15) is 0 Å².